The molecule has 0 unspecified atom stereocenters. The van der Waals surface area contributed by atoms with Crippen molar-refractivity contribution in [1.82, 2.24) is 14.8 Å². The van der Waals surface area contributed by atoms with Crippen LogP contribution in [0.2, 0.25) is 5.02 Å². The zero-order valence-corrected chi connectivity index (χ0v) is 16.3. The molecule has 0 spiro atoms. The van der Waals surface area contributed by atoms with Crippen molar-refractivity contribution < 1.29 is 18.0 Å². The van der Waals surface area contributed by atoms with Crippen molar-refractivity contribution in [3.05, 3.63) is 47.3 Å². The Morgan fingerprint density at radius 2 is 2.11 bits per heavy atom. The molecular formula is C17H18ClF3N4OS. The minimum Gasteiger partial charge on any atom is -0.324 e. The molecule has 1 aromatic heterocycles. The van der Waals surface area contributed by atoms with Crippen molar-refractivity contribution in [3.8, 4) is 0 Å². The Labute approximate surface area is 164 Å². The maximum absolute atomic E-state index is 12.8. The number of halogens is 4. The standard InChI is InChI=1S/C17H18ClF3N4OS/c1-4-7-25-15(10(2)3)23-24-16(25)27-9-14(26)22-13-8-11(17(19,20)21)5-6-12(13)18/h4-6,8,10H,1,7,9H2,2-3H3,(H,22,26). The molecule has 146 valence electrons. The lowest BCUT2D eigenvalue weighted by Crippen LogP contribution is -2.16. The summed E-state index contributed by atoms with van der Waals surface area (Å²) < 4.78 is 40.3. The molecule has 0 fully saturated rings. The molecule has 0 saturated carbocycles. The van der Waals surface area contributed by atoms with Crippen molar-refractivity contribution >= 4 is 35.0 Å². The summed E-state index contributed by atoms with van der Waals surface area (Å²) in [6, 6.07) is 2.77. The Bertz CT molecular complexity index is 836. The summed E-state index contributed by atoms with van der Waals surface area (Å²) in [6.45, 7) is 8.13. The lowest BCUT2D eigenvalue weighted by molar-refractivity contribution is -0.137. The first-order valence-electron chi connectivity index (χ1n) is 7.96. The number of nitrogens with one attached hydrogen (secondary N) is 1. The van der Waals surface area contributed by atoms with Gasteiger partial charge >= 0.3 is 6.18 Å². The summed E-state index contributed by atoms with van der Waals surface area (Å²) in [6.07, 6.45) is -2.82. The van der Waals surface area contributed by atoms with Gasteiger partial charge in [0, 0.05) is 12.5 Å². The molecule has 1 amide bonds. The van der Waals surface area contributed by atoms with E-state index in [0.29, 0.717) is 11.7 Å². The fourth-order valence-corrected chi connectivity index (χ4v) is 3.17. The average molecular weight is 419 g/mol. The number of amides is 1. The predicted octanol–water partition coefficient (Wildman–Crippen LogP) is 4.99. The third kappa shape index (κ3) is 5.49. The van der Waals surface area contributed by atoms with Gasteiger partial charge in [-0.1, -0.05) is 43.3 Å². The van der Waals surface area contributed by atoms with Crippen molar-refractivity contribution in [2.75, 3.05) is 11.1 Å². The van der Waals surface area contributed by atoms with Gasteiger partial charge in [-0.25, -0.2) is 0 Å². The number of alkyl halides is 3. The highest BCUT2D eigenvalue weighted by Crippen LogP contribution is 2.34. The number of allylic oxidation sites excluding steroid dienone is 1. The van der Waals surface area contributed by atoms with Crippen LogP contribution in [0.3, 0.4) is 0 Å². The minimum atomic E-state index is -4.52. The second-order valence-corrected chi connectivity index (χ2v) is 7.27. The molecule has 0 bridgehead atoms. The lowest BCUT2D eigenvalue weighted by atomic mass is 10.2. The maximum atomic E-state index is 12.8. The third-order valence-electron chi connectivity index (χ3n) is 3.47. The number of rotatable bonds is 7. The molecule has 0 atom stereocenters. The van der Waals surface area contributed by atoms with E-state index in [1.54, 1.807) is 6.08 Å². The second-order valence-electron chi connectivity index (χ2n) is 5.92. The van der Waals surface area contributed by atoms with Crippen LogP contribution in [0.1, 0.15) is 31.2 Å². The summed E-state index contributed by atoms with van der Waals surface area (Å²) in [5.41, 5.74) is -0.977. The lowest BCUT2D eigenvalue weighted by Gasteiger charge is -2.12. The number of anilines is 1. The van der Waals surface area contributed by atoms with Gasteiger partial charge in [0.15, 0.2) is 5.16 Å². The van der Waals surface area contributed by atoms with E-state index in [-0.39, 0.29) is 22.4 Å². The number of carbonyl (C=O) groups is 1. The van der Waals surface area contributed by atoms with E-state index in [1.165, 1.54) is 0 Å². The van der Waals surface area contributed by atoms with E-state index in [4.69, 9.17) is 11.6 Å². The van der Waals surface area contributed by atoms with E-state index in [0.717, 1.165) is 35.8 Å². The van der Waals surface area contributed by atoms with Crippen molar-refractivity contribution in [3.63, 3.8) is 0 Å². The van der Waals surface area contributed by atoms with Gasteiger partial charge in [0.05, 0.1) is 22.0 Å². The van der Waals surface area contributed by atoms with Crippen LogP contribution in [0.4, 0.5) is 18.9 Å². The number of thioether (sulfide) groups is 1. The Balaban J connectivity index is 2.08. The van der Waals surface area contributed by atoms with E-state index < -0.39 is 17.6 Å². The second kappa shape index (κ2) is 8.79. The molecule has 5 nitrogen and oxygen atoms in total. The molecule has 2 rings (SSSR count). The van der Waals surface area contributed by atoms with Gasteiger partial charge in [0.2, 0.25) is 5.91 Å². The fourth-order valence-electron chi connectivity index (χ4n) is 2.25. The Kier molecular flexibility index (Phi) is 6.94. The van der Waals surface area contributed by atoms with E-state index in [1.807, 2.05) is 18.4 Å². The zero-order chi connectivity index (χ0) is 20.2. The molecule has 10 heteroatoms. The number of nitrogens with zero attached hydrogens (tertiary/aromatic N) is 3. The number of carbonyl (C=O) groups excluding carboxylic acids is 1. The fraction of sp³-hybridized carbons (Fsp3) is 0.353. The first kappa shape index (κ1) is 21.3. The highest BCUT2D eigenvalue weighted by Gasteiger charge is 2.31. The Morgan fingerprint density at radius 3 is 2.70 bits per heavy atom. The van der Waals surface area contributed by atoms with Crippen molar-refractivity contribution in [2.24, 2.45) is 0 Å². The van der Waals surface area contributed by atoms with Gasteiger partial charge in [-0.05, 0) is 18.2 Å². The van der Waals surface area contributed by atoms with Crippen LogP contribution in [-0.2, 0) is 17.5 Å². The quantitative estimate of drug-likeness (QED) is 0.508. The van der Waals surface area contributed by atoms with Crippen LogP contribution < -0.4 is 5.32 Å². The monoisotopic (exact) mass is 418 g/mol. The molecule has 1 aromatic carbocycles. The van der Waals surface area contributed by atoms with Crippen LogP contribution in [0.5, 0.6) is 0 Å². The Morgan fingerprint density at radius 1 is 1.41 bits per heavy atom. The van der Waals surface area contributed by atoms with E-state index >= 15 is 0 Å². The smallest absolute Gasteiger partial charge is 0.324 e. The first-order valence-corrected chi connectivity index (χ1v) is 9.33. The number of hydrogen-bond donors (Lipinski definition) is 1. The van der Waals surface area contributed by atoms with E-state index in [2.05, 4.69) is 22.1 Å². The van der Waals surface area contributed by atoms with Gasteiger partial charge in [-0.15, -0.1) is 16.8 Å². The van der Waals surface area contributed by atoms with Gasteiger partial charge in [0.1, 0.15) is 5.82 Å². The summed E-state index contributed by atoms with van der Waals surface area (Å²) in [5, 5.41) is 11.1. The highest BCUT2D eigenvalue weighted by molar-refractivity contribution is 7.99. The Hall–Kier alpha value is -2.00. The molecule has 2 aromatic rings. The first-order chi connectivity index (χ1) is 12.6. The van der Waals surface area contributed by atoms with Gasteiger partial charge < -0.3 is 9.88 Å². The normalized spacial score (nSPS) is 11.7. The van der Waals surface area contributed by atoms with Gasteiger partial charge in [0.25, 0.3) is 0 Å². The molecule has 0 aliphatic heterocycles. The summed E-state index contributed by atoms with van der Waals surface area (Å²) >= 11 is 7.02. The SMILES string of the molecule is C=CCn1c(SCC(=O)Nc2cc(C(F)(F)F)ccc2Cl)nnc1C(C)C. The molecule has 1 N–H and O–H groups in total. The maximum Gasteiger partial charge on any atom is 0.416 e. The topological polar surface area (TPSA) is 59.8 Å². The van der Waals surface area contributed by atoms with Crippen LogP contribution >= 0.6 is 23.4 Å². The van der Waals surface area contributed by atoms with Crippen LogP contribution in [-0.4, -0.2) is 26.4 Å². The van der Waals surface area contributed by atoms with Crippen LogP contribution in [0, 0.1) is 0 Å². The predicted molar refractivity (Wildman–Crippen MR) is 100 cm³/mol. The molecule has 1 heterocycles. The van der Waals surface area contributed by atoms with Crippen LogP contribution in [0.15, 0.2) is 36.0 Å². The summed E-state index contributed by atoms with van der Waals surface area (Å²) in [4.78, 5) is 12.2. The highest BCUT2D eigenvalue weighted by atomic mass is 35.5. The van der Waals surface area contributed by atoms with Crippen LogP contribution in [0.25, 0.3) is 0 Å². The number of aromatic nitrogens is 3. The zero-order valence-electron chi connectivity index (χ0n) is 14.7. The average Bonchev–Trinajstić information content (AvgIpc) is 2.97. The summed E-state index contributed by atoms with van der Waals surface area (Å²) in [7, 11) is 0. The molecule has 0 aliphatic carbocycles. The number of benzene rings is 1. The molecule has 27 heavy (non-hydrogen) atoms. The third-order valence-corrected chi connectivity index (χ3v) is 4.77. The van der Waals surface area contributed by atoms with Gasteiger partial charge in [-0.3, -0.25) is 4.79 Å². The molecular weight excluding hydrogens is 401 g/mol. The largest absolute Gasteiger partial charge is 0.416 e. The number of hydrogen-bond acceptors (Lipinski definition) is 4. The van der Waals surface area contributed by atoms with Gasteiger partial charge in [-0.2, -0.15) is 13.2 Å². The van der Waals surface area contributed by atoms with E-state index in [9.17, 15) is 18.0 Å². The molecule has 0 radical (unpaired) electrons. The molecule has 0 aliphatic rings. The summed E-state index contributed by atoms with van der Waals surface area (Å²) in [5.74, 6) is 0.351. The molecule has 0 saturated heterocycles. The van der Waals surface area contributed by atoms with Crippen molar-refractivity contribution in [2.45, 2.75) is 37.6 Å². The van der Waals surface area contributed by atoms with Crippen molar-refractivity contribution in [1.29, 1.82) is 0 Å². The minimum absolute atomic E-state index is 0.0262.